The maximum absolute atomic E-state index is 13.0. The Morgan fingerprint density at radius 3 is 2.73 bits per heavy atom. The number of benzene rings is 1. The van der Waals surface area contributed by atoms with Crippen molar-refractivity contribution in [2.24, 2.45) is 0 Å². The quantitative estimate of drug-likeness (QED) is 0.700. The molecule has 0 saturated heterocycles. The average Bonchev–Trinajstić information content (AvgIpc) is 2.60. The fraction of sp³-hybridized carbons (Fsp3) is 0.353. The van der Waals surface area contributed by atoms with E-state index in [1.54, 1.807) is 24.3 Å². The molecule has 1 heterocycles. The molecule has 1 aromatic heterocycles. The third kappa shape index (κ3) is 4.23. The van der Waals surface area contributed by atoms with Crippen molar-refractivity contribution < 1.29 is 9.53 Å². The van der Waals surface area contributed by atoms with Gasteiger partial charge in [0.05, 0.1) is 6.61 Å². The topological polar surface area (TPSA) is 110 Å². The van der Waals surface area contributed by atoms with E-state index < -0.39 is 17.2 Å². The Morgan fingerprint density at radius 1 is 1.38 bits per heavy atom. The van der Waals surface area contributed by atoms with Crippen LogP contribution in [0, 0.1) is 0 Å². The Bertz CT molecular complexity index is 906. The lowest BCUT2D eigenvalue weighted by molar-refractivity contribution is 0.0975. The van der Waals surface area contributed by atoms with Crippen LogP contribution in [0.5, 0.6) is 0 Å². The van der Waals surface area contributed by atoms with Crippen molar-refractivity contribution in [2.75, 3.05) is 30.9 Å². The molecule has 0 aliphatic carbocycles. The molecule has 26 heavy (non-hydrogen) atoms. The van der Waals surface area contributed by atoms with E-state index in [2.05, 4.69) is 20.9 Å². The lowest BCUT2D eigenvalue weighted by Gasteiger charge is -2.24. The van der Waals surface area contributed by atoms with Crippen LogP contribution >= 0.6 is 15.9 Å². The molecule has 1 amide bonds. The number of nitrogens with zero attached hydrogens (tertiary/aromatic N) is 2. The number of hydrogen-bond acceptors (Lipinski definition) is 5. The van der Waals surface area contributed by atoms with E-state index in [4.69, 9.17) is 10.5 Å². The van der Waals surface area contributed by atoms with E-state index in [9.17, 15) is 14.4 Å². The molecular formula is C17H21BrN4O4. The summed E-state index contributed by atoms with van der Waals surface area (Å²) in [6.07, 6.45) is 0.646. The normalized spacial score (nSPS) is 10.7. The molecule has 0 bridgehead atoms. The lowest BCUT2D eigenvalue weighted by atomic mass is 10.2. The van der Waals surface area contributed by atoms with Crippen LogP contribution in [0.2, 0.25) is 0 Å². The number of nitrogens with two attached hydrogens (primary N) is 1. The molecule has 9 heteroatoms. The fourth-order valence-corrected chi connectivity index (χ4v) is 2.96. The summed E-state index contributed by atoms with van der Waals surface area (Å²) < 4.78 is 7.04. The molecule has 0 aliphatic rings. The summed E-state index contributed by atoms with van der Waals surface area (Å²) in [7, 11) is 1.49. The Kier molecular flexibility index (Phi) is 6.76. The molecule has 140 valence electrons. The maximum atomic E-state index is 13.0. The number of methoxy groups -OCH3 is 1. The molecule has 1 aromatic carbocycles. The second kappa shape index (κ2) is 8.81. The number of anilines is 2. The molecule has 0 atom stereocenters. The summed E-state index contributed by atoms with van der Waals surface area (Å²) in [6, 6.07) is 6.80. The minimum atomic E-state index is -0.709. The van der Waals surface area contributed by atoms with Gasteiger partial charge in [-0.2, -0.15) is 0 Å². The largest absolute Gasteiger partial charge is 0.383 e. The van der Waals surface area contributed by atoms with Gasteiger partial charge in [0, 0.05) is 30.2 Å². The number of amides is 1. The zero-order valence-electron chi connectivity index (χ0n) is 14.6. The zero-order valence-corrected chi connectivity index (χ0v) is 16.2. The number of aromatic nitrogens is 2. The number of carbonyl (C=O) groups is 1. The highest BCUT2D eigenvalue weighted by Crippen LogP contribution is 2.21. The van der Waals surface area contributed by atoms with Crippen LogP contribution in [0.4, 0.5) is 11.5 Å². The van der Waals surface area contributed by atoms with Crippen LogP contribution in [0.1, 0.15) is 23.7 Å². The minimum absolute atomic E-state index is 0.0416. The average molecular weight is 425 g/mol. The monoisotopic (exact) mass is 424 g/mol. The van der Waals surface area contributed by atoms with Crippen molar-refractivity contribution in [2.45, 2.75) is 19.9 Å². The van der Waals surface area contributed by atoms with E-state index in [-0.39, 0.29) is 24.7 Å². The van der Waals surface area contributed by atoms with Crippen molar-refractivity contribution in [3.8, 4) is 0 Å². The summed E-state index contributed by atoms with van der Waals surface area (Å²) in [5.41, 5.74) is 5.10. The molecule has 0 radical (unpaired) electrons. The SMILES string of the molecule is CCCn1c(N)c(N(CCOC)C(=O)c2cccc(Br)c2)c(=O)[nH]c1=O. The summed E-state index contributed by atoms with van der Waals surface area (Å²) in [5.74, 6) is -0.456. The number of rotatable bonds is 7. The van der Waals surface area contributed by atoms with Gasteiger partial charge in [0.2, 0.25) is 0 Å². The number of nitrogens with one attached hydrogen (secondary N) is 1. The van der Waals surface area contributed by atoms with Gasteiger partial charge in [-0.1, -0.05) is 28.9 Å². The molecule has 0 unspecified atom stereocenters. The van der Waals surface area contributed by atoms with Crippen molar-refractivity contribution in [3.63, 3.8) is 0 Å². The number of halogens is 1. The van der Waals surface area contributed by atoms with Crippen molar-refractivity contribution in [1.29, 1.82) is 0 Å². The van der Waals surface area contributed by atoms with Gasteiger partial charge in [-0.15, -0.1) is 0 Å². The first-order valence-electron chi connectivity index (χ1n) is 8.09. The molecule has 0 saturated carbocycles. The van der Waals surface area contributed by atoms with Crippen LogP contribution in [-0.4, -0.2) is 35.7 Å². The number of aromatic amines is 1. The Hall–Kier alpha value is -2.39. The first-order chi connectivity index (χ1) is 12.4. The van der Waals surface area contributed by atoms with Crippen LogP contribution in [-0.2, 0) is 11.3 Å². The number of hydrogen-bond donors (Lipinski definition) is 2. The zero-order chi connectivity index (χ0) is 19.3. The predicted molar refractivity (Wildman–Crippen MR) is 104 cm³/mol. The van der Waals surface area contributed by atoms with E-state index in [0.717, 1.165) is 4.47 Å². The van der Waals surface area contributed by atoms with Gasteiger partial charge >= 0.3 is 5.69 Å². The van der Waals surface area contributed by atoms with Gasteiger partial charge in [-0.25, -0.2) is 4.79 Å². The molecule has 0 aliphatic heterocycles. The third-order valence-electron chi connectivity index (χ3n) is 3.77. The van der Waals surface area contributed by atoms with Gasteiger partial charge in [-0.05, 0) is 24.6 Å². The maximum Gasteiger partial charge on any atom is 0.330 e. The highest BCUT2D eigenvalue weighted by molar-refractivity contribution is 9.10. The summed E-state index contributed by atoms with van der Waals surface area (Å²) >= 11 is 3.33. The first kappa shape index (κ1) is 19.9. The molecule has 0 fully saturated rings. The number of ether oxygens (including phenoxy) is 1. The highest BCUT2D eigenvalue weighted by Gasteiger charge is 2.25. The van der Waals surface area contributed by atoms with Crippen LogP contribution in [0.25, 0.3) is 0 Å². The summed E-state index contributed by atoms with van der Waals surface area (Å²) in [5, 5.41) is 0. The predicted octanol–water partition coefficient (Wildman–Crippen LogP) is 1.58. The van der Waals surface area contributed by atoms with Gasteiger partial charge in [0.1, 0.15) is 5.82 Å². The second-order valence-corrected chi connectivity index (χ2v) is 6.52. The lowest BCUT2D eigenvalue weighted by Crippen LogP contribution is -2.42. The van der Waals surface area contributed by atoms with Gasteiger partial charge in [-0.3, -0.25) is 24.0 Å². The van der Waals surface area contributed by atoms with Crippen LogP contribution in [0.15, 0.2) is 38.3 Å². The standard InChI is InChI=1S/C17H21BrN4O4/c1-3-7-22-14(19)13(15(23)20-17(22)25)21(8-9-26-2)16(24)11-5-4-6-12(18)10-11/h4-6,10H,3,7-9,19H2,1-2H3,(H,20,23,25). The molecule has 2 rings (SSSR count). The highest BCUT2D eigenvalue weighted by atomic mass is 79.9. The van der Waals surface area contributed by atoms with Crippen molar-refractivity contribution in [1.82, 2.24) is 9.55 Å². The number of H-pyrrole nitrogens is 1. The van der Waals surface area contributed by atoms with Gasteiger partial charge in [0.25, 0.3) is 11.5 Å². The fourth-order valence-electron chi connectivity index (χ4n) is 2.56. The van der Waals surface area contributed by atoms with Crippen LogP contribution in [0.3, 0.4) is 0 Å². The Balaban J connectivity index is 2.60. The van der Waals surface area contributed by atoms with E-state index in [1.165, 1.54) is 16.6 Å². The number of nitrogen functional groups attached to an aromatic ring is 1. The molecule has 3 N–H and O–H groups in total. The van der Waals surface area contributed by atoms with Gasteiger partial charge < -0.3 is 10.5 Å². The molecule has 0 spiro atoms. The molecule has 2 aromatic rings. The van der Waals surface area contributed by atoms with Crippen molar-refractivity contribution >= 4 is 33.3 Å². The van der Waals surface area contributed by atoms with E-state index >= 15 is 0 Å². The molecular weight excluding hydrogens is 404 g/mol. The van der Waals surface area contributed by atoms with Gasteiger partial charge in [0.15, 0.2) is 5.69 Å². The second-order valence-electron chi connectivity index (χ2n) is 5.60. The minimum Gasteiger partial charge on any atom is -0.383 e. The molecule has 8 nitrogen and oxygen atoms in total. The summed E-state index contributed by atoms with van der Waals surface area (Å²) in [4.78, 5) is 40.9. The first-order valence-corrected chi connectivity index (χ1v) is 8.89. The Labute approximate surface area is 158 Å². The Morgan fingerprint density at radius 2 is 2.12 bits per heavy atom. The van der Waals surface area contributed by atoms with Crippen LogP contribution < -0.4 is 21.9 Å². The van der Waals surface area contributed by atoms with E-state index in [1.807, 2.05) is 6.92 Å². The number of carbonyl (C=O) groups excluding carboxylic acids is 1. The van der Waals surface area contributed by atoms with Crippen molar-refractivity contribution in [3.05, 3.63) is 55.1 Å². The van der Waals surface area contributed by atoms with E-state index in [0.29, 0.717) is 18.5 Å². The third-order valence-corrected chi connectivity index (χ3v) is 4.26. The smallest absolute Gasteiger partial charge is 0.330 e. The summed E-state index contributed by atoms with van der Waals surface area (Å²) in [6.45, 7) is 2.52.